The van der Waals surface area contributed by atoms with Crippen molar-refractivity contribution in [2.45, 2.75) is 26.2 Å². The Hall–Kier alpha value is -1.17. The fourth-order valence-electron chi connectivity index (χ4n) is 1.11. The Kier molecular flexibility index (Phi) is 6.61. The Morgan fingerprint density at radius 3 is 2.40 bits per heavy atom. The molecule has 0 aliphatic rings. The second-order valence-corrected chi connectivity index (χ2v) is 3.70. The Bertz CT molecular complexity index is 256. The summed E-state index contributed by atoms with van der Waals surface area (Å²) in [6, 6.07) is 0. The molecule has 5 nitrogen and oxygen atoms in total. The van der Waals surface area contributed by atoms with Gasteiger partial charge in [-0.2, -0.15) is 0 Å². The smallest absolute Gasteiger partial charge is 0.229 e. The third-order valence-corrected chi connectivity index (χ3v) is 2.25. The summed E-state index contributed by atoms with van der Waals surface area (Å²) in [6.07, 6.45) is 1.38. The predicted molar refractivity (Wildman–Crippen MR) is 62.0 cm³/mol. The number of primary amides is 1. The van der Waals surface area contributed by atoms with Crippen molar-refractivity contribution in [1.29, 1.82) is 0 Å². The van der Waals surface area contributed by atoms with E-state index >= 15 is 0 Å². The fourth-order valence-corrected chi connectivity index (χ4v) is 1.39. The van der Waals surface area contributed by atoms with Gasteiger partial charge in [0.1, 0.15) is 0 Å². The van der Waals surface area contributed by atoms with Gasteiger partial charge in [-0.25, -0.2) is 0 Å². The topological polar surface area (TPSA) is 98.2 Å². The SMILES string of the molecule is CCC(C(=O)NCCCC(N)=O)C(N)=S. The van der Waals surface area contributed by atoms with E-state index < -0.39 is 5.92 Å². The Balaban J connectivity index is 3.82. The molecular weight excluding hydrogens is 214 g/mol. The molecule has 0 saturated carbocycles. The number of carbonyl (C=O) groups excluding carboxylic acids is 2. The average Bonchev–Trinajstić information content (AvgIpc) is 2.12. The maximum atomic E-state index is 11.5. The minimum absolute atomic E-state index is 0.186. The minimum Gasteiger partial charge on any atom is -0.393 e. The second kappa shape index (κ2) is 7.17. The van der Waals surface area contributed by atoms with Gasteiger partial charge in [0.15, 0.2) is 0 Å². The van der Waals surface area contributed by atoms with Crippen LogP contribution in [0, 0.1) is 5.92 Å². The van der Waals surface area contributed by atoms with E-state index in [1.54, 1.807) is 0 Å². The first kappa shape index (κ1) is 13.8. The van der Waals surface area contributed by atoms with Crippen LogP contribution in [0.2, 0.25) is 0 Å². The van der Waals surface area contributed by atoms with Crippen molar-refractivity contribution < 1.29 is 9.59 Å². The van der Waals surface area contributed by atoms with Crippen LogP contribution in [-0.4, -0.2) is 23.3 Å². The summed E-state index contributed by atoms with van der Waals surface area (Å²) < 4.78 is 0. The van der Waals surface area contributed by atoms with Gasteiger partial charge in [0.05, 0.1) is 10.9 Å². The number of hydrogen-bond donors (Lipinski definition) is 3. The molecule has 0 aliphatic carbocycles. The van der Waals surface area contributed by atoms with E-state index in [9.17, 15) is 9.59 Å². The summed E-state index contributed by atoms with van der Waals surface area (Å²) in [4.78, 5) is 22.1. The minimum atomic E-state index is -0.423. The first-order valence-electron chi connectivity index (χ1n) is 4.84. The van der Waals surface area contributed by atoms with E-state index in [1.807, 2.05) is 6.92 Å². The highest BCUT2D eigenvalue weighted by molar-refractivity contribution is 7.80. The van der Waals surface area contributed by atoms with Crippen molar-refractivity contribution in [3.05, 3.63) is 0 Å². The Morgan fingerprint density at radius 2 is 2.00 bits per heavy atom. The first-order chi connectivity index (χ1) is 6.99. The van der Waals surface area contributed by atoms with Crippen molar-refractivity contribution >= 4 is 29.0 Å². The lowest BCUT2D eigenvalue weighted by Crippen LogP contribution is -2.38. The average molecular weight is 231 g/mol. The molecule has 5 N–H and O–H groups in total. The molecule has 1 atom stereocenters. The number of thiocarbonyl (C=S) groups is 1. The van der Waals surface area contributed by atoms with Crippen LogP contribution >= 0.6 is 12.2 Å². The molecule has 0 aliphatic heterocycles. The standard InChI is InChI=1S/C9H17N3O2S/c1-2-6(8(11)15)9(14)12-5-3-4-7(10)13/h6H,2-5H2,1H3,(H2,10,13)(H2,11,15)(H,12,14). The lowest BCUT2D eigenvalue weighted by molar-refractivity contribution is -0.123. The summed E-state index contributed by atoms with van der Waals surface area (Å²) >= 11 is 4.76. The summed E-state index contributed by atoms with van der Waals surface area (Å²) in [5.41, 5.74) is 10.3. The van der Waals surface area contributed by atoms with Crippen LogP contribution in [0.1, 0.15) is 26.2 Å². The van der Waals surface area contributed by atoms with Crippen LogP contribution in [0.15, 0.2) is 0 Å². The second-order valence-electron chi connectivity index (χ2n) is 3.22. The van der Waals surface area contributed by atoms with Gasteiger partial charge in [0.25, 0.3) is 0 Å². The molecule has 2 amide bonds. The molecule has 0 rings (SSSR count). The van der Waals surface area contributed by atoms with Gasteiger partial charge in [-0.05, 0) is 12.8 Å². The molecule has 0 bridgehead atoms. The van der Waals surface area contributed by atoms with Crippen molar-refractivity contribution in [2.24, 2.45) is 17.4 Å². The number of rotatable bonds is 7. The number of nitrogens with two attached hydrogens (primary N) is 2. The zero-order valence-electron chi connectivity index (χ0n) is 8.79. The molecule has 0 saturated heterocycles. The van der Waals surface area contributed by atoms with Crippen LogP contribution in [0.3, 0.4) is 0 Å². The van der Waals surface area contributed by atoms with Crippen molar-refractivity contribution in [3.8, 4) is 0 Å². The zero-order chi connectivity index (χ0) is 11.8. The molecule has 1 unspecified atom stereocenters. The molecule has 0 aromatic rings. The van der Waals surface area contributed by atoms with Crippen LogP contribution < -0.4 is 16.8 Å². The van der Waals surface area contributed by atoms with E-state index in [0.717, 1.165) is 0 Å². The summed E-state index contributed by atoms with van der Waals surface area (Å²) in [5, 5.41) is 2.66. The molecule has 0 radical (unpaired) electrons. The molecule has 0 aromatic carbocycles. The number of amides is 2. The van der Waals surface area contributed by atoms with Gasteiger partial charge in [0.2, 0.25) is 11.8 Å². The highest BCUT2D eigenvalue weighted by atomic mass is 32.1. The lowest BCUT2D eigenvalue weighted by Gasteiger charge is -2.12. The van der Waals surface area contributed by atoms with Crippen LogP contribution in [0.4, 0.5) is 0 Å². The van der Waals surface area contributed by atoms with E-state index in [4.69, 9.17) is 23.7 Å². The molecule has 6 heteroatoms. The summed E-state index contributed by atoms with van der Waals surface area (Å²) in [6.45, 7) is 2.26. The van der Waals surface area contributed by atoms with E-state index in [1.165, 1.54) is 0 Å². The number of nitrogens with one attached hydrogen (secondary N) is 1. The maximum Gasteiger partial charge on any atom is 0.229 e. The largest absolute Gasteiger partial charge is 0.393 e. The van der Waals surface area contributed by atoms with Gasteiger partial charge in [-0.3, -0.25) is 9.59 Å². The highest BCUT2D eigenvalue weighted by Gasteiger charge is 2.18. The first-order valence-corrected chi connectivity index (χ1v) is 5.25. The molecule has 0 spiro atoms. The quantitative estimate of drug-likeness (QED) is 0.413. The predicted octanol–water partition coefficient (Wildman–Crippen LogP) is -0.320. The number of carbonyl (C=O) groups is 2. The molecule has 86 valence electrons. The van der Waals surface area contributed by atoms with E-state index in [-0.39, 0.29) is 23.2 Å². The van der Waals surface area contributed by atoms with Crippen LogP contribution in [0.5, 0.6) is 0 Å². The Morgan fingerprint density at radius 1 is 1.40 bits per heavy atom. The van der Waals surface area contributed by atoms with Gasteiger partial charge < -0.3 is 16.8 Å². The Labute approximate surface area is 94.6 Å². The van der Waals surface area contributed by atoms with Crippen LogP contribution in [-0.2, 0) is 9.59 Å². The van der Waals surface area contributed by atoms with Crippen molar-refractivity contribution in [1.82, 2.24) is 5.32 Å². The van der Waals surface area contributed by atoms with Crippen molar-refractivity contribution in [3.63, 3.8) is 0 Å². The lowest BCUT2D eigenvalue weighted by atomic mass is 10.1. The molecule has 0 heterocycles. The zero-order valence-corrected chi connectivity index (χ0v) is 9.60. The monoisotopic (exact) mass is 231 g/mol. The third-order valence-electron chi connectivity index (χ3n) is 1.97. The van der Waals surface area contributed by atoms with Gasteiger partial charge >= 0.3 is 0 Å². The molecule has 0 aromatic heterocycles. The highest BCUT2D eigenvalue weighted by Crippen LogP contribution is 2.02. The third kappa shape index (κ3) is 6.01. The summed E-state index contributed by atoms with van der Waals surface area (Å²) in [5.74, 6) is -0.978. The van der Waals surface area contributed by atoms with Gasteiger partial charge in [-0.15, -0.1) is 0 Å². The molecular formula is C9H17N3O2S. The maximum absolute atomic E-state index is 11.5. The van der Waals surface area contributed by atoms with Crippen molar-refractivity contribution in [2.75, 3.05) is 6.54 Å². The summed E-state index contributed by atoms with van der Waals surface area (Å²) in [7, 11) is 0. The molecule has 15 heavy (non-hydrogen) atoms. The van der Waals surface area contributed by atoms with Gasteiger partial charge in [-0.1, -0.05) is 19.1 Å². The van der Waals surface area contributed by atoms with Gasteiger partial charge in [0, 0.05) is 13.0 Å². The normalized spacial score (nSPS) is 11.8. The molecule has 0 fully saturated rings. The fraction of sp³-hybridized carbons (Fsp3) is 0.667. The van der Waals surface area contributed by atoms with E-state index in [0.29, 0.717) is 19.4 Å². The van der Waals surface area contributed by atoms with E-state index in [2.05, 4.69) is 5.32 Å². The van der Waals surface area contributed by atoms with Crippen LogP contribution in [0.25, 0.3) is 0 Å². The number of hydrogen-bond acceptors (Lipinski definition) is 3.